The van der Waals surface area contributed by atoms with Gasteiger partial charge in [-0.3, -0.25) is 4.90 Å². The number of unbranched alkanes of at least 4 members (excludes halogenated alkanes) is 1. The predicted molar refractivity (Wildman–Crippen MR) is 84.8 cm³/mol. The Balaban J connectivity index is 0. The molecule has 1 aromatic carbocycles. The minimum absolute atomic E-state index is 0. The number of halogens is 2. The highest BCUT2D eigenvalue weighted by Gasteiger charge is 2.04. The number of hydrogen-bond acceptors (Lipinski definition) is 2. The van der Waals surface area contributed by atoms with Crippen LogP contribution in [0.15, 0.2) is 30.3 Å². The molecule has 18 heavy (non-hydrogen) atoms. The van der Waals surface area contributed by atoms with Crippen LogP contribution in [-0.2, 0) is 6.54 Å². The van der Waals surface area contributed by atoms with E-state index < -0.39 is 0 Å². The van der Waals surface area contributed by atoms with Gasteiger partial charge in [0.2, 0.25) is 0 Å². The maximum absolute atomic E-state index is 5.57. The molecule has 0 aromatic heterocycles. The van der Waals surface area contributed by atoms with Crippen molar-refractivity contribution >= 4 is 24.8 Å². The Morgan fingerprint density at radius 2 is 1.61 bits per heavy atom. The summed E-state index contributed by atoms with van der Waals surface area (Å²) in [6.07, 6.45) is 3.63. The van der Waals surface area contributed by atoms with E-state index in [1.807, 2.05) is 0 Å². The van der Waals surface area contributed by atoms with Crippen LogP contribution in [0.2, 0.25) is 0 Å². The molecule has 0 radical (unpaired) electrons. The molecule has 0 fully saturated rings. The van der Waals surface area contributed by atoms with Gasteiger partial charge in [-0.15, -0.1) is 24.8 Å². The topological polar surface area (TPSA) is 29.3 Å². The second-order valence-corrected chi connectivity index (χ2v) is 4.26. The minimum atomic E-state index is 0. The summed E-state index contributed by atoms with van der Waals surface area (Å²) in [6, 6.07) is 10.7. The summed E-state index contributed by atoms with van der Waals surface area (Å²) in [7, 11) is 0. The van der Waals surface area contributed by atoms with Crippen molar-refractivity contribution in [2.75, 3.05) is 19.6 Å². The third-order valence-electron chi connectivity index (χ3n) is 2.76. The Morgan fingerprint density at radius 3 is 2.17 bits per heavy atom. The van der Waals surface area contributed by atoms with Gasteiger partial charge in [0.1, 0.15) is 0 Å². The SMILES string of the molecule is CCCCN(CCCN)Cc1ccccc1.Cl.Cl. The minimum Gasteiger partial charge on any atom is -0.330 e. The molecule has 0 aliphatic rings. The van der Waals surface area contributed by atoms with Gasteiger partial charge in [0.05, 0.1) is 0 Å². The molecule has 0 aliphatic heterocycles. The Labute approximate surface area is 124 Å². The third-order valence-corrected chi connectivity index (χ3v) is 2.76. The lowest BCUT2D eigenvalue weighted by Gasteiger charge is -2.21. The van der Waals surface area contributed by atoms with Crippen molar-refractivity contribution < 1.29 is 0 Å². The molecule has 0 bridgehead atoms. The summed E-state index contributed by atoms with van der Waals surface area (Å²) in [6.45, 7) is 6.39. The normalized spacial score (nSPS) is 9.72. The first kappa shape index (κ1) is 20.0. The van der Waals surface area contributed by atoms with Crippen LogP contribution in [0.5, 0.6) is 0 Å². The van der Waals surface area contributed by atoms with Crippen molar-refractivity contribution in [1.82, 2.24) is 4.90 Å². The van der Waals surface area contributed by atoms with Gasteiger partial charge in [-0.05, 0) is 38.0 Å². The predicted octanol–water partition coefficient (Wildman–Crippen LogP) is 3.48. The van der Waals surface area contributed by atoms with Gasteiger partial charge in [-0.2, -0.15) is 0 Å². The lowest BCUT2D eigenvalue weighted by molar-refractivity contribution is 0.259. The lowest BCUT2D eigenvalue weighted by Crippen LogP contribution is -2.27. The average Bonchev–Trinajstić information content (AvgIpc) is 2.34. The molecule has 2 nitrogen and oxygen atoms in total. The second kappa shape index (κ2) is 13.2. The monoisotopic (exact) mass is 292 g/mol. The van der Waals surface area contributed by atoms with Gasteiger partial charge in [-0.25, -0.2) is 0 Å². The van der Waals surface area contributed by atoms with E-state index in [1.54, 1.807) is 0 Å². The highest BCUT2D eigenvalue weighted by molar-refractivity contribution is 5.85. The van der Waals surface area contributed by atoms with Crippen LogP contribution in [0.25, 0.3) is 0 Å². The zero-order valence-corrected chi connectivity index (χ0v) is 12.8. The summed E-state index contributed by atoms with van der Waals surface area (Å²) in [5.41, 5.74) is 6.97. The van der Waals surface area contributed by atoms with Crippen LogP contribution >= 0.6 is 24.8 Å². The summed E-state index contributed by atoms with van der Waals surface area (Å²) in [5.74, 6) is 0. The van der Waals surface area contributed by atoms with Crippen molar-refractivity contribution in [3.05, 3.63) is 35.9 Å². The van der Waals surface area contributed by atoms with Crippen molar-refractivity contribution in [1.29, 1.82) is 0 Å². The molecule has 0 spiro atoms. The van der Waals surface area contributed by atoms with Gasteiger partial charge >= 0.3 is 0 Å². The zero-order valence-electron chi connectivity index (χ0n) is 11.2. The summed E-state index contributed by atoms with van der Waals surface area (Å²) < 4.78 is 0. The molecule has 4 heteroatoms. The smallest absolute Gasteiger partial charge is 0.0233 e. The van der Waals surface area contributed by atoms with E-state index in [2.05, 4.69) is 42.2 Å². The van der Waals surface area contributed by atoms with Crippen molar-refractivity contribution in [3.8, 4) is 0 Å². The van der Waals surface area contributed by atoms with Crippen LogP contribution in [0.3, 0.4) is 0 Å². The maximum atomic E-state index is 5.57. The van der Waals surface area contributed by atoms with Crippen molar-refractivity contribution in [2.45, 2.75) is 32.7 Å². The molecular weight excluding hydrogens is 267 g/mol. The van der Waals surface area contributed by atoms with Gasteiger partial charge in [-0.1, -0.05) is 43.7 Å². The van der Waals surface area contributed by atoms with E-state index in [0.717, 1.165) is 26.1 Å². The summed E-state index contributed by atoms with van der Waals surface area (Å²) >= 11 is 0. The molecule has 0 aliphatic carbocycles. The molecule has 106 valence electrons. The number of nitrogens with two attached hydrogens (primary N) is 1. The highest BCUT2D eigenvalue weighted by atomic mass is 35.5. The second-order valence-electron chi connectivity index (χ2n) is 4.26. The van der Waals surface area contributed by atoms with E-state index in [-0.39, 0.29) is 24.8 Å². The van der Waals surface area contributed by atoms with E-state index in [1.165, 1.54) is 24.9 Å². The van der Waals surface area contributed by atoms with Gasteiger partial charge < -0.3 is 5.73 Å². The Kier molecular flexibility index (Phi) is 14.7. The molecule has 0 atom stereocenters. The number of hydrogen-bond donors (Lipinski definition) is 1. The highest BCUT2D eigenvalue weighted by Crippen LogP contribution is 2.06. The van der Waals surface area contributed by atoms with E-state index in [9.17, 15) is 0 Å². The number of rotatable bonds is 8. The lowest BCUT2D eigenvalue weighted by atomic mass is 10.2. The van der Waals surface area contributed by atoms with Crippen molar-refractivity contribution in [2.24, 2.45) is 5.73 Å². The average molecular weight is 293 g/mol. The van der Waals surface area contributed by atoms with Gasteiger partial charge in [0.15, 0.2) is 0 Å². The molecule has 0 amide bonds. The molecular formula is C14H26Cl2N2. The quantitative estimate of drug-likeness (QED) is 0.795. The fourth-order valence-corrected chi connectivity index (χ4v) is 1.81. The Bertz CT molecular complexity index is 260. The first-order valence-corrected chi connectivity index (χ1v) is 6.33. The number of nitrogens with zero attached hydrogens (tertiary/aromatic N) is 1. The van der Waals surface area contributed by atoms with Crippen LogP contribution < -0.4 is 5.73 Å². The summed E-state index contributed by atoms with van der Waals surface area (Å²) in [5, 5.41) is 0. The molecule has 0 saturated carbocycles. The van der Waals surface area contributed by atoms with Crippen LogP contribution in [-0.4, -0.2) is 24.5 Å². The molecule has 1 aromatic rings. The Morgan fingerprint density at radius 1 is 1.00 bits per heavy atom. The maximum Gasteiger partial charge on any atom is 0.0233 e. The molecule has 0 heterocycles. The summed E-state index contributed by atoms with van der Waals surface area (Å²) in [4.78, 5) is 2.51. The third kappa shape index (κ3) is 8.76. The van der Waals surface area contributed by atoms with Crippen LogP contribution in [0, 0.1) is 0 Å². The zero-order chi connectivity index (χ0) is 11.6. The molecule has 2 N–H and O–H groups in total. The van der Waals surface area contributed by atoms with E-state index in [4.69, 9.17) is 5.73 Å². The fraction of sp³-hybridized carbons (Fsp3) is 0.571. The van der Waals surface area contributed by atoms with Gasteiger partial charge in [0, 0.05) is 6.54 Å². The largest absolute Gasteiger partial charge is 0.330 e. The fourth-order valence-electron chi connectivity index (χ4n) is 1.81. The molecule has 0 unspecified atom stereocenters. The first-order chi connectivity index (χ1) is 7.86. The number of benzene rings is 1. The van der Waals surface area contributed by atoms with Crippen LogP contribution in [0.1, 0.15) is 31.7 Å². The van der Waals surface area contributed by atoms with E-state index in [0.29, 0.717) is 0 Å². The molecule has 0 saturated heterocycles. The van der Waals surface area contributed by atoms with Gasteiger partial charge in [0.25, 0.3) is 0 Å². The molecule has 1 rings (SSSR count). The van der Waals surface area contributed by atoms with Crippen molar-refractivity contribution in [3.63, 3.8) is 0 Å². The van der Waals surface area contributed by atoms with E-state index >= 15 is 0 Å². The first-order valence-electron chi connectivity index (χ1n) is 6.33. The standard InChI is InChI=1S/C14H24N2.2ClH/c1-2-3-11-16(12-7-10-15)13-14-8-5-4-6-9-14;;/h4-6,8-9H,2-3,7,10-13,15H2,1H3;2*1H. The Hall–Kier alpha value is -0.280. The van der Waals surface area contributed by atoms with Crippen LogP contribution in [0.4, 0.5) is 0 Å².